The SMILES string of the molecule is COc1ccc(N(C)C(=O)NCC[C@H](C)SC)cn1. The Hall–Kier alpha value is -1.43. The number of urea groups is 1. The van der Waals surface area contributed by atoms with Crippen LogP contribution < -0.4 is 15.0 Å². The third-order valence-corrected chi connectivity index (χ3v) is 3.89. The average molecular weight is 283 g/mol. The highest BCUT2D eigenvalue weighted by Gasteiger charge is 2.11. The molecule has 0 spiro atoms. The van der Waals surface area contributed by atoms with E-state index >= 15 is 0 Å². The fourth-order valence-electron chi connectivity index (χ4n) is 1.43. The van der Waals surface area contributed by atoms with Gasteiger partial charge in [-0.1, -0.05) is 6.92 Å². The third-order valence-electron chi connectivity index (χ3n) is 2.85. The van der Waals surface area contributed by atoms with Gasteiger partial charge in [0.2, 0.25) is 5.88 Å². The normalized spacial score (nSPS) is 11.8. The molecule has 0 aliphatic carbocycles. The van der Waals surface area contributed by atoms with Crippen molar-refractivity contribution in [1.82, 2.24) is 10.3 Å². The highest BCUT2D eigenvalue weighted by atomic mass is 32.2. The number of pyridine rings is 1. The second-order valence-electron chi connectivity index (χ2n) is 4.18. The van der Waals surface area contributed by atoms with Crippen LogP contribution in [0.1, 0.15) is 13.3 Å². The van der Waals surface area contributed by atoms with Crippen LogP contribution in [0.15, 0.2) is 18.3 Å². The van der Waals surface area contributed by atoms with E-state index in [0.29, 0.717) is 17.7 Å². The number of nitrogens with zero attached hydrogens (tertiary/aromatic N) is 2. The highest BCUT2D eigenvalue weighted by molar-refractivity contribution is 7.99. The Balaban J connectivity index is 2.47. The molecule has 0 fully saturated rings. The van der Waals surface area contributed by atoms with Crippen LogP contribution in [-0.4, -0.2) is 43.2 Å². The van der Waals surface area contributed by atoms with Gasteiger partial charge in [-0.15, -0.1) is 0 Å². The Bertz CT molecular complexity index is 397. The van der Waals surface area contributed by atoms with Crippen molar-refractivity contribution in [3.63, 3.8) is 0 Å². The van der Waals surface area contributed by atoms with E-state index in [1.54, 1.807) is 44.2 Å². The Morgan fingerprint density at radius 3 is 2.84 bits per heavy atom. The predicted octanol–water partition coefficient (Wildman–Crippen LogP) is 2.38. The molecule has 0 aliphatic rings. The largest absolute Gasteiger partial charge is 0.481 e. The van der Waals surface area contributed by atoms with Gasteiger partial charge in [-0.05, 0) is 18.7 Å². The number of ether oxygens (including phenoxy) is 1. The molecule has 1 rings (SSSR count). The zero-order chi connectivity index (χ0) is 14.3. The van der Waals surface area contributed by atoms with Gasteiger partial charge in [0.1, 0.15) is 0 Å². The summed E-state index contributed by atoms with van der Waals surface area (Å²) in [5, 5.41) is 3.44. The molecule has 0 aliphatic heterocycles. The summed E-state index contributed by atoms with van der Waals surface area (Å²) < 4.78 is 4.98. The minimum atomic E-state index is -0.125. The monoisotopic (exact) mass is 283 g/mol. The van der Waals surface area contributed by atoms with Gasteiger partial charge in [-0.2, -0.15) is 11.8 Å². The number of hydrogen-bond acceptors (Lipinski definition) is 4. The standard InChI is InChI=1S/C13H21N3O2S/c1-10(19-4)7-8-14-13(17)16(2)11-5-6-12(18-3)15-9-11/h5-6,9-10H,7-8H2,1-4H3,(H,14,17)/t10-/m0/s1. The lowest BCUT2D eigenvalue weighted by Gasteiger charge is -2.18. The molecule has 106 valence electrons. The summed E-state index contributed by atoms with van der Waals surface area (Å²) in [4.78, 5) is 17.5. The van der Waals surface area contributed by atoms with E-state index in [1.807, 2.05) is 0 Å². The summed E-state index contributed by atoms with van der Waals surface area (Å²) in [5.74, 6) is 0.534. The first-order valence-corrected chi connectivity index (χ1v) is 7.41. The fraction of sp³-hybridized carbons (Fsp3) is 0.538. The lowest BCUT2D eigenvalue weighted by Crippen LogP contribution is -2.38. The van der Waals surface area contributed by atoms with Crippen LogP contribution in [0, 0.1) is 0 Å². The van der Waals surface area contributed by atoms with Gasteiger partial charge in [-0.3, -0.25) is 4.90 Å². The number of carbonyl (C=O) groups is 1. The van der Waals surface area contributed by atoms with Crippen molar-refractivity contribution >= 4 is 23.5 Å². The summed E-state index contributed by atoms with van der Waals surface area (Å²) in [5.41, 5.74) is 0.733. The molecule has 1 atom stereocenters. The summed E-state index contributed by atoms with van der Waals surface area (Å²) in [6.45, 7) is 2.82. The molecular formula is C13H21N3O2S. The molecule has 0 bridgehead atoms. The van der Waals surface area contributed by atoms with Gasteiger partial charge in [-0.25, -0.2) is 9.78 Å². The topological polar surface area (TPSA) is 54.5 Å². The summed E-state index contributed by atoms with van der Waals surface area (Å²) >= 11 is 1.80. The van der Waals surface area contributed by atoms with Gasteiger partial charge >= 0.3 is 6.03 Å². The lowest BCUT2D eigenvalue weighted by atomic mass is 10.3. The van der Waals surface area contributed by atoms with Crippen LogP contribution in [0.3, 0.4) is 0 Å². The molecule has 1 heterocycles. The van der Waals surface area contributed by atoms with Gasteiger partial charge in [0.25, 0.3) is 0 Å². The zero-order valence-electron chi connectivity index (χ0n) is 11.8. The third kappa shape index (κ3) is 4.98. The Labute approximate surface area is 118 Å². The fourth-order valence-corrected chi connectivity index (χ4v) is 1.78. The van der Waals surface area contributed by atoms with Gasteiger partial charge in [0, 0.05) is 24.9 Å². The number of methoxy groups -OCH3 is 1. The number of amides is 2. The highest BCUT2D eigenvalue weighted by Crippen LogP contribution is 2.15. The summed E-state index contributed by atoms with van der Waals surface area (Å²) in [6.07, 6.45) is 4.65. The maximum atomic E-state index is 11.9. The van der Waals surface area contributed by atoms with Crippen molar-refractivity contribution < 1.29 is 9.53 Å². The number of nitrogens with one attached hydrogen (secondary N) is 1. The van der Waals surface area contributed by atoms with Gasteiger partial charge in [0.05, 0.1) is 19.0 Å². The maximum Gasteiger partial charge on any atom is 0.321 e. The average Bonchev–Trinajstić information content (AvgIpc) is 2.46. The second kappa shape index (κ2) is 7.89. The second-order valence-corrected chi connectivity index (χ2v) is 5.46. The zero-order valence-corrected chi connectivity index (χ0v) is 12.7. The number of rotatable bonds is 6. The summed E-state index contributed by atoms with van der Waals surface area (Å²) in [6, 6.07) is 3.41. The van der Waals surface area contributed by atoms with Crippen molar-refractivity contribution in [2.45, 2.75) is 18.6 Å². The number of carbonyl (C=O) groups excluding carboxylic acids is 1. The molecule has 1 aromatic heterocycles. The van der Waals surface area contributed by atoms with Crippen LogP contribution in [0.5, 0.6) is 5.88 Å². The quantitative estimate of drug-likeness (QED) is 0.871. The molecule has 1 N–H and O–H groups in total. The number of hydrogen-bond donors (Lipinski definition) is 1. The minimum Gasteiger partial charge on any atom is -0.481 e. The number of thioether (sulfide) groups is 1. The van der Waals surface area contributed by atoms with Crippen LogP contribution in [0.2, 0.25) is 0 Å². The van der Waals surface area contributed by atoms with E-state index in [9.17, 15) is 4.79 Å². The van der Waals surface area contributed by atoms with Crippen molar-refractivity contribution in [3.8, 4) is 5.88 Å². The van der Waals surface area contributed by atoms with E-state index in [4.69, 9.17) is 4.74 Å². The van der Waals surface area contributed by atoms with Gasteiger partial charge < -0.3 is 10.1 Å². The van der Waals surface area contributed by atoms with Crippen molar-refractivity contribution in [2.75, 3.05) is 31.9 Å². The first-order chi connectivity index (χ1) is 9.08. The Kier molecular flexibility index (Phi) is 6.49. The van der Waals surface area contributed by atoms with E-state index < -0.39 is 0 Å². The molecule has 19 heavy (non-hydrogen) atoms. The Morgan fingerprint density at radius 1 is 1.58 bits per heavy atom. The molecule has 0 aromatic carbocycles. The molecular weight excluding hydrogens is 262 g/mol. The van der Waals surface area contributed by atoms with Crippen LogP contribution in [-0.2, 0) is 0 Å². The van der Waals surface area contributed by atoms with Crippen LogP contribution in [0.25, 0.3) is 0 Å². The Morgan fingerprint density at radius 2 is 2.32 bits per heavy atom. The van der Waals surface area contributed by atoms with Crippen LogP contribution in [0.4, 0.5) is 10.5 Å². The van der Waals surface area contributed by atoms with E-state index in [-0.39, 0.29) is 6.03 Å². The molecule has 1 aromatic rings. The minimum absolute atomic E-state index is 0.125. The van der Waals surface area contributed by atoms with E-state index in [2.05, 4.69) is 23.5 Å². The smallest absolute Gasteiger partial charge is 0.321 e. The van der Waals surface area contributed by atoms with E-state index in [1.165, 1.54) is 4.90 Å². The molecule has 6 heteroatoms. The molecule has 0 saturated heterocycles. The van der Waals surface area contributed by atoms with Crippen LogP contribution >= 0.6 is 11.8 Å². The van der Waals surface area contributed by atoms with Crippen molar-refractivity contribution in [2.24, 2.45) is 0 Å². The first kappa shape index (κ1) is 15.6. The number of anilines is 1. The predicted molar refractivity (Wildman–Crippen MR) is 80.2 cm³/mol. The first-order valence-electron chi connectivity index (χ1n) is 6.13. The van der Waals surface area contributed by atoms with Crippen molar-refractivity contribution in [3.05, 3.63) is 18.3 Å². The molecule has 0 unspecified atom stereocenters. The maximum absolute atomic E-state index is 11.9. The van der Waals surface area contributed by atoms with Gasteiger partial charge in [0.15, 0.2) is 0 Å². The summed E-state index contributed by atoms with van der Waals surface area (Å²) in [7, 11) is 3.28. The lowest BCUT2D eigenvalue weighted by molar-refractivity contribution is 0.247. The van der Waals surface area contributed by atoms with Crippen molar-refractivity contribution in [1.29, 1.82) is 0 Å². The van der Waals surface area contributed by atoms with E-state index in [0.717, 1.165) is 12.1 Å². The molecule has 5 nitrogen and oxygen atoms in total. The molecule has 0 radical (unpaired) electrons. The number of aromatic nitrogens is 1. The molecule has 0 saturated carbocycles. The molecule has 2 amide bonds.